The highest BCUT2D eigenvalue weighted by Gasteiger charge is 2.29. The van der Waals surface area contributed by atoms with Crippen LogP contribution in [0.3, 0.4) is 0 Å². The predicted molar refractivity (Wildman–Crippen MR) is 242 cm³/mol. The van der Waals surface area contributed by atoms with Crippen molar-refractivity contribution in [2.75, 3.05) is 0 Å². The van der Waals surface area contributed by atoms with Gasteiger partial charge in [0.1, 0.15) is 0 Å². The van der Waals surface area contributed by atoms with Crippen molar-refractivity contribution in [3.63, 3.8) is 0 Å². The average Bonchev–Trinajstić information content (AvgIpc) is 3.78. The first-order valence-electron chi connectivity index (χ1n) is 19.9. The molecule has 0 spiro atoms. The molecule has 9 aromatic carbocycles. The van der Waals surface area contributed by atoms with Gasteiger partial charge in [-0.2, -0.15) is 0 Å². The molecular formula is C55H29N3. The monoisotopic (exact) mass is 731 g/mol. The zero-order valence-electron chi connectivity index (χ0n) is 31.1. The highest BCUT2D eigenvalue weighted by molar-refractivity contribution is 6.31. The van der Waals surface area contributed by atoms with Crippen molar-refractivity contribution in [3.05, 3.63) is 177 Å². The van der Waals surface area contributed by atoms with Crippen molar-refractivity contribution in [1.29, 1.82) is 0 Å². The molecule has 0 unspecified atom stereocenters. The molecule has 2 aliphatic rings. The number of aromatic nitrogens is 3. The molecule has 264 valence electrons. The maximum absolute atomic E-state index is 4.80. The van der Waals surface area contributed by atoms with Crippen molar-refractivity contribution in [2.45, 2.75) is 0 Å². The summed E-state index contributed by atoms with van der Waals surface area (Å²) in [5, 5.41) is 17.1. The van der Waals surface area contributed by atoms with Crippen LogP contribution in [0.15, 0.2) is 177 Å². The molecule has 3 nitrogen and oxygen atoms in total. The van der Waals surface area contributed by atoms with Crippen LogP contribution in [0.25, 0.3) is 142 Å². The molecule has 0 saturated heterocycles. The summed E-state index contributed by atoms with van der Waals surface area (Å²) in [7, 11) is 0. The average molecular weight is 732 g/mol. The van der Waals surface area contributed by atoms with Crippen LogP contribution >= 0.6 is 0 Å². The van der Waals surface area contributed by atoms with Gasteiger partial charge in [-0.3, -0.25) is 15.0 Å². The topological polar surface area (TPSA) is 38.7 Å². The Labute approximate surface area is 332 Å². The minimum absolute atomic E-state index is 1.03. The van der Waals surface area contributed by atoms with E-state index in [-0.39, 0.29) is 0 Å². The van der Waals surface area contributed by atoms with E-state index in [1.165, 1.54) is 120 Å². The van der Waals surface area contributed by atoms with E-state index >= 15 is 0 Å². The molecule has 3 heteroatoms. The van der Waals surface area contributed by atoms with Gasteiger partial charge in [-0.05, 0) is 162 Å². The summed E-state index contributed by atoms with van der Waals surface area (Å²) < 4.78 is 0. The van der Waals surface area contributed by atoms with Gasteiger partial charge in [-0.1, -0.05) is 103 Å². The third kappa shape index (κ3) is 3.85. The van der Waals surface area contributed by atoms with E-state index in [0.29, 0.717) is 0 Å². The standard InChI is InChI=1S/C55H29N3/c1-6-30-7-2-13-39-46-24-48-44(22-45(46)38(12-1)52(30)39)36-16-17-41-47(43(36)23-49(48)51-29-58-28-33-27-57-21-19-35(33)51)25-50-40-14-3-8-31-9-4-15-42(53(31)40)55(50)54(41)37-11-5-10-32-26-56-20-18-34(32)37/h1-29H. The summed E-state index contributed by atoms with van der Waals surface area (Å²) in [5.74, 6) is 0. The van der Waals surface area contributed by atoms with E-state index in [1.54, 1.807) is 0 Å². The molecule has 0 aliphatic heterocycles. The molecule has 3 aromatic heterocycles. The largest absolute Gasteiger partial charge is 0.264 e. The Kier molecular flexibility index (Phi) is 5.76. The SMILES string of the molecule is c1cc(-c2c3c(cc4c2ccc2c5cc6c(cc5c(-c5cncc7cnccc57)cc42)-c2cccc4cccc-6c24)-c2cccc4cccc-3c24)c2ccncc2c1. The number of pyridine rings is 3. The number of benzene rings is 9. The predicted octanol–water partition coefficient (Wildman–Crippen LogP) is 14.6. The van der Waals surface area contributed by atoms with Gasteiger partial charge in [0.25, 0.3) is 0 Å². The van der Waals surface area contributed by atoms with Crippen LogP contribution in [0.5, 0.6) is 0 Å². The molecule has 58 heavy (non-hydrogen) atoms. The van der Waals surface area contributed by atoms with Crippen molar-refractivity contribution in [2.24, 2.45) is 0 Å². The van der Waals surface area contributed by atoms with Gasteiger partial charge in [0.15, 0.2) is 0 Å². The fourth-order valence-electron chi connectivity index (χ4n) is 10.7. The van der Waals surface area contributed by atoms with E-state index in [2.05, 4.69) is 149 Å². The van der Waals surface area contributed by atoms with Gasteiger partial charge in [0.2, 0.25) is 0 Å². The lowest BCUT2D eigenvalue weighted by Gasteiger charge is -2.20. The lowest BCUT2D eigenvalue weighted by molar-refractivity contribution is 1.32. The van der Waals surface area contributed by atoms with E-state index in [0.717, 1.165) is 21.7 Å². The number of hydrogen-bond donors (Lipinski definition) is 0. The minimum Gasteiger partial charge on any atom is -0.264 e. The summed E-state index contributed by atoms with van der Waals surface area (Å²) in [6, 6.07) is 52.6. The molecule has 0 radical (unpaired) electrons. The first-order valence-corrected chi connectivity index (χ1v) is 19.9. The molecule has 0 saturated carbocycles. The van der Waals surface area contributed by atoms with Gasteiger partial charge in [0, 0.05) is 53.5 Å². The van der Waals surface area contributed by atoms with Crippen LogP contribution in [0.4, 0.5) is 0 Å². The Morgan fingerprint density at radius 1 is 0.241 bits per heavy atom. The second-order valence-corrected chi connectivity index (χ2v) is 15.9. The quantitative estimate of drug-likeness (QED) is 0.166. The molecule has 14 rings (SSSR count). The molecule has 3 heterocycles. The zero-order valence-corrected chi connectivity index (χ0v) is 31.1. The summed E-state index contributed by atoms with van der Waals surface area (Å²) in [4.78, 5) is 13.8. The van der Waals surface area contributed by atoms with Crippen LogP contribution in [0.1, 0.15) is 0 Å². The first-order chi connectivity index (χ1) is 28.8. The van der Waals surface area contributed by atoms with Gasteiger partial charge in [0.05, 0.1) is 0 Å². The number of fused-ring (bicyclic) bond motifs is 13. The van der Waals surface area contributed by atoms with Crippen LogP contribution in [-0.2, 0) is 0 Å². The summed E-state index contributed by atoms with van der Waals surface area (Å²) in [5.41, 5.74) is 15.1. The van der Waals surface area contributed by atoms with Crippen molar-refractivity contribution < 1.29 is 0 Å². The Bertz CT molecular complexity index is 3840. The molecule has 0 atom stereocenters. The molecule has 0 amide bonds. The highest BCUT2D eigenvalue weighted by Crippen LogP contribution is 2.56. The highest BCUT2D eigenvalue weighted by atomic mass is 14.7. The first kappa shape index (κ1) is 30.5. The Morgan fingerprint density at radius 3 is 1.48 bits per heavy atom. The normalized spacial score (nSPS) is 12.5. The van der Waals surface area contributed by atoms with Crippen LogP contribution < -0.4 is 0 Å². The van der Waals surface area contributed by atoms with E-state index < -0.39 is 0 Å². The van der Waals surface area contributed by atoms with Crippen LogP contribution in [-0.4, -0.2) is 15.0 Å². The van der Waals surface area contributed by atoms with E-state index in [4.69, 9.17) is 4.98 Å². The molecule has 2 aliphatic carbocycles. The Morgan fingerprint density at radius 2 is 0.741 bits per heavy atom. The Hall–Kier alpha value is -7.75. The van der Waals surface area contributed by atoms with Crippen LogP contribution in [0.2, 0.25) is 0 Å². The second kappa shape index (κ2) is 11.0. The number of hydrogen-bond acceptors (Lipinski definition) is 3. The van der Waals surface area contributed by atoms with Gasteiger partial charge in [-0.15, -0.1) is 0 Å². The van der Waals surface area contributed by atoms with Crippen LogP contribution in [0, 0.1) is 0 Å². The number of rotatable bonds is 2. The maximum atomic E-state index is 4.80. The minimum atomic E-state index is 1.03. The summed E-state index contributed by atoms with van der Waals surface area (Å²) >= 11 is 0. The Balaban J connectivity index is 1.19. The second-order valence-electron chi connectivity index (χ2n) is 15.9. The fourth-order valence-corrected chi connectivity index (χ4v) is 10.7. The smallest absolute Gasteiger partial charge is 0.0362 e. The zero-order chi connectivity index (χ0) is 37.6. The molecule has 0 N–H and O–H groups in total. The van der Waals surface area contributed by atoms with E-state index in [1.807, 2.05) is 37.2 Å². The van der Waals surface area contributed by atoms with Crippen molar-refractivity contribution in [3.8, 4) is 66.8 Å². The van der Waals surface area contributed by atoms with Gasteiger partial charge < -0.3 is 0 Å². The van der Waals surface area contributed by atoms with Crippen molar-refractivity contribution >= 4 is 75.4 Å². The fraction of sp³-hybridized carbons (Fsp3) is 0. The molecule has 12 aromatic rings. The van der Waals surface area contributed by atoms with Crippen molar-refractivity contribution in [1.82, 2.24) is 15.0 Å². The lowest BCUT2D eigenvalue weighted by Crippen LogP contribution is -1.93. The number of nitrogens with zero attached hydrogens (tertiary/aromatic N) is 3. The third-order valence-corrected chi connectivity index (χ3v) is 13.1. The van der Waals surface area contributed by atoms with Gasteiger partial charge in [-0.25, -0.2) is 0 Å². The van der Waals surface area contributed by atoms with E-state index in [9.17, 15) is 0 Å². The molecular weight excluding hydrogens is 703 g/mol. The summed E-state index contributed by atoms with van der Waals surface area (Å²) in [6.45, 7) is 0. The maximum Gasteiger partial charge on any atom is 0.0362 e. The lowest BCUT2D eigenvalue weighted by atomic mass is 9.83. The molecule has 0 bridgehead atoms. The molecule has 0 fully saturated rings. The third-order valence-electron chi connectivity index (χ3n) is 13.1. The van der Waals surface area contributed by atoms with Gasteiger partial charge >= 0.3 is 0 Å². The summed E-state index contributed by atoms with van der Waals surface area (Å²) in [6.07, 6.45) is 11.7.